The highest BCUT2D eigenvalue weighted by atomic mass is 32.2. The Labute approximate surface area is 198 Å². The molecule has 0 aliphatic carbocycles. The highest BCUT2D eigenvalue weighted by Gasteiger charge is 2.31. The molecular weight excluding hydrogens is 462 g/mol. The molecule has 4 rings (SSSR count). The van der Waals surface area contributed by atoms with Crippen LogP contribution in [-0.4, -0.2) is 69.7 Å². The summed E-state index contributed by atoms with van der Waals surface area (Å²) in [6.45, 7) is 3.60. The van der Waals surface area contributed by atoms with Crippen molar-refractivity contribution < 1.29 is 22.7 Å². The monoisotopic (exact) mass is 489 g/mol. The van der Waals surface area contributed by atoms with Crippen LogP contribution >= 0.6 is 11.8 Å². The van der Waals surface area contributed by atoms with Crippen LogP contribution in [-0.2, 0) is 24.3 Å². The maximum atomic E-state index is 13.1. The molecule has 0 spiro atoms. The van der Waals surface area contributed by atoms with Gasteiger partial charge in [0.05, 0.1) is 29.5 Å². The number of amides is 2. The molecule has 2 heterocycles. The van der Waals surface area contributed by atoms with Gasteiger partial charge in [0, 0.05) is 24.5 Å². The molecule has 176 valence electrons. The number of nitrogens with zero attached hydrogens (tertiary/aromatic N) is 2. The molecule has 0 radical (unpaired) electrons. The van der Waals surface area contributed by atoms with Gasteiger partial charge in [0.15, 0.2) is 0 Å². The van der Waals surface area contributed by atoms with Crippen LogP contribution < -0.4 is 10.2 Å². The van der Waals surface area contributed by atoms with Crippen LogP contribution in [0.4, 0.5) is 5.69 Å². The molecule has 2 aliphatic rings. The Kier molecular flexibility index (Phi) is 7.38. The van der Waals surface area contributed by atoms with Gasteiger partial charge in [-0.1, -0.05) is 37.3 Å². The molecule has 2 aliphatic heterocycles. The number of hydrogen-bond acceptors (Lipinski definition) is 6. The predicted octanol–water partition coefficient (Wildman–Crippen LogP) is 2.07. The fraction of sp³-hybridized carbons (Fsp3) is 0.391. The first-order valence-electron chi connectivity index (χ1n) is 10.8. The van der Waals surface area contributed by atoms with E-state index in [1.165, 1.54) is 27.0 Å². The highest BCUT2D eigenvalue weighted by molar-refractivity contribution is 8.00. The lowest BCUT2D eigenvalue weighted by Gasteiger charge is -2.30. The largest absolute Gasteiger partial charge is 0.379 e. The van der Waals surface area contributed by atoms with Crippen molar-refractivity contribution in [1.82, 2.24) is 9.62 Å². The normalized spacial score (nSPS) is 18.0. The van der Waals surface area contributed by atoms with E-state index < -0.39 is 10.0 Å². The van der Waals surface area contributed by atoms with Gasteiger partial charge < -0.3 is 15.0 Å². The average Bonchev–Trinajstić information content (AvgIpc) is 2.85. The third kappa shape index (κ3) is 5.40. The SMILES string of the molecule is C[C@@H](CNC(=O)CN1C(=O)CSc2ccc(S(=O)(=O)N3CCOCC3)cc21)c1ccccc1. The smallest absolute Gasteiger partial charge is 0.243 e. The fourth-order valence-electron chi connectivity index (χ4n) is 3.82. The van der Waals surface area contributed by atoms with Crippen molar-refractivity contribution in [2.75, 3.05) is 50.0 Å². The summed E-state index contributed by atoms with van der Waals surface area (Å²) in [6.07, 6.45) is 0. The van der Waals surface area contributed by atoms with E-state index in [-0.39, 0.29) is 34.9 Å². The Hall–Kier alpha value is -2.40. The second-order valence-electron chi connectivity index (χ2n) is 8.03. The van der Waals surface area contributed by atoms with Crippen LogP contribution in [0.2, 0.25) is 0 Å². The topological polar surface area (TPSA) is 96.0 Å². The van der Waals surface area contributed by atoms with Gasteiger partial charge in [-0.3, -0.25) is 9.59 Å². The quantitative estimate of drug-likeness (QED) is 0.640. The van der Waals surface area contributed by atoms with Gasteiger partial charge in [0.2, 0.25) is 21.8 Å². The minimum Gasteiger partial charge on any atom is -0.379 e. The molecule has 1 saturated heterocycles. The van der Waals surface area contributed by atoms with E-state index in [2.05, 4.69) is 5.32 Å². The van der Waals surface area contributed by atoms with Gasteiger partial charge in [0.1, 0.15) is 6.54 Å². The fourth-order valence-corrected chi connectivity index (χ4v) is 6.16. The molecule has 0 aromatic heterocycles. The minimum atomic E-state index is -3.71. The maximum Gasteiger partial charge on any atom is 0.243 e. The zero-order chi connectivity index (χ0) is 23.4. The molecule has 2 aromatic carbocycles. The lowest BCUT2D eigenvalue weighted by atomic mass is 10.0. The Balaban J connectivity index is 1.49. The lowest BCUT2D eigenvalue weighted by molar-refractivity contribution is -0.123. The number of thioether (sulfide) groups is 1. The zero-order valence-electron chi connectivity index (χ0n) is 18.4. The van der Waals surface area contributed by atoms with E-state index in [0.29, 0.717) is 38.5 Å². The Bertz CT molecular complexity index is 1120. The molecule has 1 atom stereocenters. The van der Waals surface area contributed by atoms with Crippen LogP contribution in [0.25, 0.3) is 0 Å². The third-order valence-corrected chi connectivity index (χ3v) is 8.70. The standard InChI is InChI=1S/C23H27N3O5S2/c1-17(18-5-3-2-4-6-18)14-24-22(27)15-26-20-13-19(7-8-21(20)32-16-23(26)28)33(29,30)25-9-11-31-12-10-25/h2-8,13,17H,9-12,14-16H2,1H3,(H,24,27)/t17-/m0/s1. The van der Waals surface area contributed by atoms with Crippen LogP contribution in [0.5, 0.6) is 0 Å². The number of nitrogens with one attached hydrogen (secondary N) is 1. The van der Waals surface area contributed by atoms with Crippen molar-refractivity contribution in [2.45, 2.75) is 22.6 Å². The van der Waals surface area contributed by atoms with Crippen molar-refractivity contribution in [3.63, 3.8) is 0 Å². The summed E-state index contributed by atoms with van der Waals surface area (Å²) in [5, 5.41) is 2.90. The van der Waals surface area contributed by atoms with Gasteiger partial charge in [0.25, 0.3) is 0 Å². The first-order valence-corrected chi connectivity index (χ1v) is 13.3. The second-order valence-corrected chi connectivity index (χ2v) is 11.0. The molecule has 1 N–H and O–H groups in total. The van der Waals surface area contributed by atoms with Gasteiger partial charge in [-0.25, -0.2) is 8.42 Å². The van der Waals surface area contributed by atoms with E-state index in [9.17, 15) is 18.0 Å². The number of ether oxygens (including phenoxy) is 1. The van der Waals surface area contributed by atoms with Crippen LogP contribution in [0.3, 0.4) is 0 Å². The summed E-state index contributed by atoms with van der Waals surface area (Å²) in [7, 11) is -3.71. The van der Waals surface area contributed by atoms with Crippen molar-refractivity contribution in [1.29, 1.82) is 0 Å². The first kappa shape index (κ1) is 23.7. The van der Waals surface area contributed by atoms with E-state index >= 15 is 0 Å². The number of rotatable bonds is 7. The van der Waals surface area contributed by atoms with Crippen molar-refractivity contribution in [2.24, 2.45) is 0 Å². The molecule has 0 saturated carbocycles. The molecule has 10 heteroatoms. The van der Waals surface area contributed by atoms with Crippen molar-refractivity contribution in [3.8, 4) is 0 Å². The number of hydrogen-bond donors (Lipinski definition) is 1. The van der Waals surface area contributed by atoms with Gasteiger partial charge in [-0.05, 0) is 29.7 Å². The summed E-state index contributed by atoms with van der Waals surface area (Å²) in [5.41, 5.74) is 1.57. The average molecular weight is 490 g/mol. The number of fused-ring (bicyclic) bond motifs is 1. The maximum absolute atomic E-state index is 13.1. The van der Waals surface area contributed by atoms with E-state index in [1.54, 1.807) is 12.1 Å². The van der Waals surface area contributed by atoms with Crippen LogP contribution in [0, 0.1) is 0 Å². The molecule has 2 aromatic rings. The zero-order valence-corrected chi connectivity index (χ0v) is 20.0. The Morgan fingerprint density at radius 2 is 1.88 bits per heavy atom. The molecule has 8 nitrogen and oxygen atoms in total. The van der Waals surface area contributed by atoms with Crippen LogP contribution in [0.15, 0.2) is 58.3 Å². The number of anilines is 1. The number of carbonyl (C=O) groups is 2. The number of carbonyl (C=O) groups excluding carboxylic acids is 2. The minimum absolute atomic E-state index is 0.113. The van der Waals surface area contributed by atoms with Gasteiger partial charge >= 0.3 is 0 Å². The first-order chi connectivity index (χ1) is 15.9. The van der Waals surface area contributed by atoms with E-state index in [4.69, 9.17) is 4.74 Å². The Morgan fingerprint density at radius 1 is 1.15 bits per heavy atom. The summed E-state index contributed by atoms with van der Waals surface area (Å²) >= 11 is 1.35. The van der Waals surface area contributed by atoms with Gasteiger partial charge in [-0.15, -0.1) is 11.8 Å². The molecular formula is C23H27N3O5S2. The third-order valence-electron chi connectivity index (χ3n) is 5.76. The highest BCUT2D eigenvalue weighted by Crippen LogP contribution is 2.37. The number of morpholine rings is 1. The van der Waals surface area contributed by atoms with Crippen LogP contribution in [0.1, 0.15) is 18.4 Å². The summed E-state index contributed by atoms with van der Waals surface area (Å²) in [6, 6.07) is 14.6. The molecule has 0 unspecified atom stereocenters. The Morgan fingerprint density at radius 3 is 2.61 bits per heavy atom. The molecule has 0 bridgehead atoms. The number of sulfonamides is 1. The predicted molar refractivity (Wildman–Crippen MR) is 127 cm³/mol. The lowest BCUT2D eigenvalue weighted by Crippen LogP contribution is -2.44. The molecule has 1 fully saturated rings. The summed E-state index contributed by atoms with van der Waals surface area (Å²) < 4.78 is 32.8. The van der Waals surface area contributed by atoms with Crippen molar-refractivity contribution >= 4 is 39.3 Å². The molecule has 33 heavy (non-hydrogen) atoms. The van der Waals surface area contributed by atoms with E-state index in [0.717, 1.165) is 10.5 Å². The second kappa shape index (κ2) is 10.3. The number of benzene rings is 2. The van der Waals surface area contributed by atoms with Gasteiger partial charge in [-0.2, -0.15) is 4.31 Å². The summed E-state index contributed by atoms with van der Waals surface area (Å²) in [4.78, 5) is 27.6. The van der Waals surface area contributed by atoms with E-state index in [1.807, 2.05) is 37.3 Å². The van der Waals surface area contributed by atoms with Crippen molar-refractivity contribution in [3.05, 3.63) is 54.1 Å². The molecule has 2 amide bonds. The summed E-state index contributed by atoms with van der Waals surface area (Å²) in [5.74, 6) is -0.179.